The van der Waals surface area contributed by atoms with Crippen LogP contribution in [0.4, 0.5) is 5.69 Å². The van der Waals surface area contributed by atoms with Crippen molar-refractivity contribution >= 4 is 59.4 Å². The molecule has 0 saturated heterocycles. The van der Waals surface area contributed by atoms with Gasteiger partial charge in [0.15, 0.2) is 5.82 Å². The highest BCUT2D eigenvalue weighted by atomic mass is 79.9. The Morgan fingerprint density at radius 1 is 0.759 bits per heavy atom. The van der Waals surface area contributed by atoms with Crippen LogP contribution in [-0.2, 0) is 0 Å². The minimum absolute atomic E-state index is 0.0914. The van der Waals surface area contributed by atoms with Gasteiger partial charge >= 0.3 is 0 Å². The van der Waals surface area contributed by atoms with Crippen molar-refractivity contribution in [1.29, 1.82) is 0 Å². The van der Waals surface area contributed by atoms with Crippen LogP contribution in [0.25, 0.3) is 17.1 Å². The van der Waals surface area contributed by atoms with E-state index in [4.69, 9.17) is 0 Å². The van der Waals surface area contributed by atoms with Crippen LogP contribution in [0.1, 0.15) is 10.6 Å². The standard InChI is InChI=1S/C21H13Br3N4O/c22-14-3-1-13(2-4-14)20-26-19(21(29)25-17-9-5-15(23)6-10-17)27-28(20)18-11-7-16(24)8-12-18/h1-12H,(H,25,29). The molecule has 1 heterocycles. The molecule has 0 atom stereocenters. The van der Waals surface area contributed by atoms with Crippen molar-refractivity contribution in [3.05, 3.63) is 92.0 Å². The minimum Gasteiger partial charge on any atom is -0.319 e. The molecule has 0 unspecified atom stereocenters. The van der Waals surface area contributed by atoms with Crippen LogP contribution in [-0.4, -0.2) is 20.7 Å². The van der Waals surface area contributed by atoms with Gasteiger partial charge in [0, 0.05) is 24.7 Å². The van der Waals surface area contributed by atoms with Gasteiger partial charge in [0.2, 0.25) is 5.82 Å². The molecule has 144 valence electrons. The maximum absolute atomic E-state index is 12.8. The third-order valence-electron chi connectivity index (χ3n) is 4.09. The lowest BCUT2D eigenvalue weighted by atomic mass is 10.2. The Hall–Kier alpha value is -2.29. The van der Waals surface area contributed by atoms with Crippen LogP contribution in [0.2, 0.25) is 0 Å². The predicted molar refractivity (Wildman–Crippen MR) is 124 cm³/mol. The van der Waals surface area contributed by atoms with Crippen molar-refractivity contribution in [2.24, 2.45) is 0 Å². The number of amides is 1. The normalized spacial score (nSPS) is 10.7. The molecule has 29 heavy (non-hydrogen) atoms. The number of hydrogen-bond acceptors (Lipinski definition) is 3. The first kappa shape index (κ1) is 20.0. The number of aromatic nitrogens is 3. The van der Waals surface area contributed by atoms with Crippen molar-refractivity contribution in [3.8, 4) is 17.1 Å². The highest BCUT2D eigenvalue weighted by molar-refractivity contribution is 9.11. The van der Waals surface area contributed by atoms with E-state index in [1.807, 2.05) is 72.8 Å². The Bertz CT molecular complexity index is 1090. The summed E-state index contributed by atoms with van der Waals surface area (Å²) in [5.41, 5.74) is 2.33. The summed E-state index contributed by atoms with van der Waals surface area (Å²) in [7, 11) is 0. The highest BCUT2D eigenvalue weighted by Gasteiger charge is 2.19. The molecular formula is C21H13Br3N4O. The summed E-state index contributed by atoms with van der Waals surface area (Å²) in [4.78, 5) is 17.3. The van der Waals surface area contributed by atoms with Crippen LogP contribution in [0, 0.1) is 0 Å². The Morgan fingerprint density at radius 3 is 1.86 bits per heavy atom. The fourth-order valence-electron chi connectivity index (χ4n) is 2.68. The summed E-state index contributed by atoms with van der Waals surface area (Å²) in [5, 5.41) is 7.31. The molecule has 0 saturated carbocycles. The van der Waals surface area contributed by atoms with Crippen LogP contribution in [0.15, 0.2) is 86.2 Å². The predicted octanol–water partition coefficient (Wildman–Crippen LogP) is 6.47. The van der Waals surface area contributed by atoms with Crippen molar-refractivity contribution in [1.82, 2.24) is 14.8 Å². The molecule has 5 nitrogen and oxygen atoms in total. The number of anilines is 1. The quantitative estimate of drug-likeness (QED) is 0.303. The van der Waals surface area contributed by atoms with Crippen molar-refractivity contribution in [2.75, 3.05) is 5.32 Å². The lowest BCUT2D eigenvalue weighted by molar-refractivity contribution is 0.101. The van der Waals surface area contributed by atoms with Crippen LogP contribution in [0.5, 0.6) is 0 Å². The number of nitrogens with one attached hydrogen (secondary N) is 1. The molecular weight excluding hydrogens is 564 g/mol. The summed E-state index contributed by atoms with van der Waals surface area (Å²) in [5.74, 6) is 0.302. The zero-order chi connectivity index (χ0) is 20.4. The number of carbonyl (C=O) groups excluding carboxylic acids is 1. The molecule has 4 aromatic rings. The number of nitrogens with zero attached hydrogens (tertiary/aromatic N) is 3. The van der Waals surface area contributed by atoms with Gasteiger partial charge in [0.25, 0.3) is 5.91 Å². The summed E-state index contributed by atoms with van der Waals surface area (Å²) < 4.78 is 4.53. The molecule has 0 aliphatic rings. The fraction of sp³-hybridized carbons (Fsp3) is 0. The molecule has 0 spiro atoms. The van der Waals surface area contributed by atoms with Gasteiger partial charge in [-0.05, 0) is 60.7 Å². The fourth-order valence-corrected chi connectivity index (χ4v) is 3.47. The molecule has 0 fully saturated rings. The smallest absolute Gasteiger partial charge is 0.295 e. The Morgan fingerprint density at radius 2 is 1.28 bits per heavy atom. The van der Waals surface area contributed by atoms with Gasteiger partial charge in [0.1, 0.15) is 0 Å². The topological polar surface area (TPSA) is 59.8 Å². The Kier molecular flexibility index (Phi) is 5.94. The van der Waals surface area contributed by atoms with E-state index in [9.17, 15) is 4.79 Å². The van der Waals surface area contributed by atoms with Crippen LogP contribution < -0.4 is 5.32 Å². The minimum atomic E-state index is -0.374. The number of halogens is 3. The summed E-state index contributed by atoms with van der Waals surface area (Å²) in [6.07, 6.45) is 0. The number of rotatable bonds is 4. The zero-order valence-electron chi connectivity index (χ0n) is 14.8. The maximum Gasteiger partial charge on any atom is 0.295 e. The van der Waals surface area contributed by atoms with E-state index >= 15 is 0 Å². The van der Waals surface area contributed by atoms with Gasteiger partial charge in [-0.1, -0.05) is 59.9 Å². The van der Waals surface area contributed by atoms with Crippen molar-refractivity contribution < 1.29 is 4.79 Å². The van der Waals surface area contributed by atoms with Gasteiger partial charge in [-0.25, -0.2) is 9.67 Å². The largest absolute Gasteiger partial charge is 0.319 e. The number of benzene rings is 3. The molecule has 1 aromatic heterocycles. The molecule has 8 heteroatoms. The zero-order valence-corrected chi connectivity index (χ0v) is 19.6. The van der Waals surface area contributed by atoms with E-state index in [2.05, 4.69) is 63.2 Å². The average Bonchev–Trinajstić information content (AvgIpc) is 3.16. The monoisotopic (exact) mass is 574 g/mol. The molecule has 1 N–H and O–H groups in total. The first-order valence-corrected chi connectivity index (χ1v) is 10.9. The van der Waals surface area contributed by atoms with Gasteiger partial charge in [-0.2, -0.15) is 0 Å². The third-order valence-corrected chi connectivity index (χ3v) is 5.67. The van der Waals surface area contributed by atoms with Gasteiger partial charge in [0.05, 0.1) is 5.69 Å². The Balaban J connectivity index is 1.74. The lowest BCUT2D eigenvalue weighted by Crippen LogP contribution is -2.14. The second kappa shape index (κ2) is 8.61. The van der Waals surface area contributed by atoms with E-state index in [1.54, 1.807) is 4.68 Å². The molecule has 0 radical (unpaired) electrons. The first-order chi connectivity index (χ1) is 14.0. The van der Waals surface area contributed by atoms with Gasteiger partial charge < -0.3 is 5.32 Å². The molecule has 0 bridgehead atoms. The molecule has 3 aromatic carbocycles. The van der Waals surface area contributed by atoms with Gasteiger partial charge in [-0.3, -0.25) is 4.79 Å². The van der Waals surface area contributed by atoms with Crippen LogP contribution in [0.3, 0.4) is 0 Å². The molecule has 0 aliphatic carbocycles. The van der Waals surface area contributed by atoms with Gasteiger partial charge in [-0.15, -0.1) is 5.10 Å². The van der Waals surface area contributed by atoms with E-state index in [-0.39, 0.29) is 11.7 Å². The van der Waals surface area contributed by atoms with Crippen LogP contribution >= 0.6 is 47.8 Å². The van der Waals surface area contributed by atoms with E-state index in [1.165, 1.54) is 0 Å². The average molecular weight is 577 g/mol. The molecule has 0 aliphatic heterocycles. The summed E-state index contributed by atoms with van der Waals surface area (Å²) in [6.45, 7) is 0. The summed E-state index contributed by atoms with van der Waals surface area (Å²) >= 11 is 10.3. The van der Waals surface area contributed by atoms with Crippen molar-refractivity contribution in [3.63, 3.8) is 0 Å². The second-order valence-corrected chi connectivity index (χ2v) is 8.86. The first-order valence-electron chi connectivity index (χ1n) is 8.55. The van der Waals surface area contributed by atoms with E-state index in [0.717, 1.165) is 24.7 Å². The molecule has 1 amide bonds. The third kappa shape index (κ3) is 4.66. The number of hydrogen-bond donors (Lipinski definition) is 1. The Labute approximate surface area is 192 Å². The number of carbonyl (C=O) groups is 1. The second-order valence-electron chi connectivity index (χ2n) is 6.12. The highest BCUT2D eigenvalue weighted by Crippen LogP contribution is 2.24. The van der Waals surface area contributed by atoms with E-state index < -0.39 is 0 Å². The molecule has 4 rings (SSSR count). The maximum atomic E-state index is 12.8. The summed E-state index contributed by atoms with van der Waals surface area (Å²) in [6, 6.07) is 22.7. The SMILES string of the molecule is O=C(Nc1ccc(Br)cc1)c1nc(-c2ccc(Br)cc2)n(-c2ccc(Br)cc2)n1. The van der Waals surface area contributed by atoms with E-state index in [0.29, 0.717) is 11.5 Å². The lowest BCUT2D eigenvalue weighted by Gasteiger charge is -2.06. The van der Waals surface area contributed by atoms with Crippen molar-refractivity contribution in [2.45, 2.75) is 0 Å².